The monoisotopic (exact) mass is 238 g/mol. The maximum Gasteiger partial charge on any atom is 0.410 e. The number of nitrogens with zero attached hydrogens (tertiary/aromatic N) is 1. The molecule has 1 saturated heterocycles. The highest BCUT2D eigenvalue weighted by Gasteiger charge is 2.40. The smallest absolute Gasteiger partial charge is 0.410 e. The van der Waals surface area contributed by atoms with Crippen LogP contribution in [0, 0.1) is 5.82 Å². The first-order chi connectivity index (χ1) is 8.02. The third-order valence-corrected chi connectivity index (χ3v) is 2.84. The van der Waals surface area contributed by atoms with E-state index in [1.54, 1.807) is 24.0 Å². The molecule has 1 aromatic rings. The second-order valence-corrected chi connectivity index (χ2v) is 4.50. The van der Waals surface area contributed by atoms with E-state index in [0.717, 1.165) is 5.56 Å². The Balaban J connectivity index is 2.05. The number of carbonyl (C=O) groups excluding carboxylic acids is 1. The van der Waals surface area contributed by atoms with Crippen molar-refractivity contribution < 1.29 is 13.9 Å². The maximum absolute atomic E-state index is 12.7. The zero-order valence-corrected chi connectivity index (χ0v) is 9.65. The summed E-state index contributed by atoms with van der Waals surface area (Å²) in [6.45, 7) is 2.96. The molecule has 1 aliphatic rings. The van der Waals surface area contributed by atoms with Crippen LogP contribution in [0.25, 0.3) is 0 Å². The first-order valence-corrected chi connectivity index (χ1v) is 5.45. The molecule has 4 nitrogen and oxygen atoms in total. The van der Waals surface area contributed by atoms with Crippen LogP contribution < -0.4 is 5.73 Å². The Morgan fingerprint density at radius 3 is 2.65 bits per heavy atom. The molecule has 5 heteroatoms. The van der Waals surface area contributed by atoms with Gasteiger partial charge in [-0.2, -0.15) is 0 Å². The SMILES string of the molecule is CC1(CN)CN(Cc2ccc(F)cc2)C(=O)O1. The summed E-state index contributed by atoms with van der Waals surface area (Å²) in [7, 11) is 0. The van der Waals surface area contributed by atoms with Crippen LogP contribution >= 0.6 is 0 Å². The van der Waals surface area contributed by atoms with Crippen molar-refractivity contribution in [1.82, 2.24) is 4.90 Å². The summed E-state index contributed by atoms with van der Waals surface area (Å²) >= 11 is 0. The van der Waals surface area contributed by atoms with Crippen LogP contribution in [0.3, 0.4) is 0 Å². The summed E-state index contributed by atoms with van der Waals surface area (Å²) in [6.07, 6.45) is -0.373. The van der Waals surface area contributed by atoms with E-state index in [1.165, 1.54) is 12.1 Å². The molecule has 0 aliphatic carbocycles. The van der Waals surface area contributed by atoms with Crippen molar-refractivity contribution in [1.29, 1.82) is 0 Å². The molecule has 0 saturated carbocycles. The minimum Gasteiger partial charge on any atom is -0.440 e. The second kappa shape index (κ2) is 4.33. The van der Waals surface area contributed by atoms with Crippen molar-refractivity contribution in [3.63, 3.8) is 0 Å². The molecule has 0 bridgehead atoms. The van der Waals surface area contributed by atoms with Crippen LogP contribution in [0.5, 0.6) is 0 Å². The van der Waals surface area contributed by atoms with Gasteiger partial charge in [0.05, 0.1) is 6.54 Å². The number of rotatable bonds is 3. The Morgan fingerprint density at radius 1 is 1.47 bits per heavy atom. The topological polar surface area (TPSA) is 55.6 Å². The molecule has 2 rings (SSSR count). The number of cyclic esters (lactones) is 1. The molecule has 1 aromatic carbocycles. The Hall–Kier alpha value is -1.62. The minimum absolute atomic E-state index is 0.287. The molecule has 0 aromatic heterocycles. The zero-order valence-electron chi connectivity index (χ0n) is 9.65. The number of amides is 1. The van der Waals surface area contributed by atoms with Crippen LogP contribution in [0.1, 0.15) is 12.5 Å². The highest BCUT2D eigenvalue weighted by molar-refractivity contribution is 5.70. The van der Waals surface area contributed by atoms with E-state index < -0.39 is 5.60 Å². The van der Waals surface area contributed by atoms with Gasteiger partial charge in [-0.25, -0.2) is 9.18 Å². The van der Waals surface area contributed by atoms with Crippen LogP contribution in [0.15, 0.2) is 24.3 Å². The molecule has 17 heavy (non-hydrogen) atoms. The Bertz CT molecular complexity index is 421. The molecule has 1 fully saturated rings. The fourth-order valence-corrected chi connectivity index (χ4v) is 1.81. The number of hydrogen-bond donors (Lipinski definition) is 1. The van der Waals surface area contributed by atoms with E-state index in [4.69, 9.17) is 10.5 Å². The first-order valence-electron chi connectivity index (χ1n) is 5.45. The molecule has 1 aliphatic heterocycles. The lowest BCUT2D eigenvalue weighted by atomic mass is 10.1. The zero-order chi connectivity index (χ0) is 12.5. The Morgan fingerprint density at radius 2 is 2.12 bits per heavy atom. The van der Waals surface area contributed by atoms with Crippen LogP contribution in [0.4, 0.5) is 9.18 Å². The van der Waals surface area contributed by atoms with Gasteiger partial charge in [0, 0.05) is 13.1 Å². The quantitative estimate of drug-likeness (QED) is 0.868. The number of benzene rings is 1. The lowest BCUT2D eigenvalue weighted by Gasteiger charge is -2.19. The lowest BCUT2D eigenvalue weighted by molar-refractivity contribution is 0.0781. The summed E-state index contributed by atoms with van der Waals surface area (Å²) in [4.78, 5) is 13.2. The molecule has 0 spiro atoms. The number of ether oxygens (including phenoxy) is 1. The van der Waals surface area contributed by atoms with Crippen molar-refractivity contribution >= 4 is 6.09 Å². The number of carbonyl (C=O) groups is 1. The molecular formula is C12H15FN2O2. The third-order valence-electron chi connectivity index (χ3n) is 2.84. The van der Waals surface area contributed by atoms with Gasteiger partial charge in [-0.15, -0.1) is 0 Å². The highest BCUT2D eigenvalue weighted by Crippen LogP contribution is 2.23. The van der Waals surface area contributed by atoms with E-state index in [9.17, 15) is 9.18 Å². The number of halogens is 1. The van der Waals surface area contributed by atoms with E-state index in [2.05, 4.69) is 0 Å². The van der Waals surface area contributed by atoms with E-state index in [1.807, 2.05) is 0 Å². The van der Waals surface area contributed by atoms with Gasteiger partial charge in [-0.05, 0) is 24.6 Å². The van der Waals surface area contributed by atoms with Crippen molar-refractivity contribution in [3.05, 3.63) is 35.6 Å². The van der Waals surface area contributed by atoms with Gasteiger partial charge in [-0.1, -0.05) is 12.1 Å². The molecule has 1 unspecified atom stereocenters. The fourth-order valence-electron chi connectivity index (χ4n) is 1.81. The normalized spacial score (nSPS) is 23.9. The van der Waals surface area contributed by atoms with E-state index >= 15 is 0 Å². The van der Waals surface area contributed by atoms with Gasteiger partial charge in [0.2, 0.25) is 0 Å². The Labute approximate surface area is 99.2 Å². The summed E-state index contributed by atoms with van der Waals surface area (Å²) < 4.78 is 17.9. The van der Waals surface area contributed by atoms with Crippen LogP contribution in [0.2, 0.25) is 0 Å². The average molecular weight is 238 g/mol. The second-order valence-electron chi connectivity index (χ2n) is 4.50. The molecule has 0 radical (unpaired) electrons. The Kier molecular flexibility index (Phi) is 3.02. The van der Waals surface area contributed by atoms with E-state index in [0.29, 0.717) is 19.6 Å². The van der Waals surface area contributed by atoms with Gasteiger partial charge >= 0.3 is 6.09 Å². The molecule has 2 N–H and O–H groups in total. The highest BCUT2D eigenvalue weighted by atomic mass is 19.1. The van der Waals surface area contributed by atoms with Crippen molar-refractivity contribution in [2.24, 2.45) is 5.73 Å². The van der Waals surface area contributed by atoms with Gasteiger partial charge in [0.1, 0.15) is 11.4 Å². The van der Waals surface area contributed by atoms with Crippen molar-refractivity contribution in [2.75, 3.05) is 13.1 Å². The molecule has 1 atom stereocenters. The molecule has 1 amide bonds. The number of nitrogens with two attached hydrogens (primary N) is 1. The number of hydrogen-bond acceptors (Lipinski definition) is 3. The summed E-state index contributed by atoms with van der Waals surface area (Å²) in [5.41, 5.74) is 5.80. The summed E-state index contributed by atoms with van der Waals surface area (Å²) in [6, 6.07) is 6.05. The first kappa shape index (κ1) is 11.9. The van der Waals surface area contributed by atoms with Crippen LogP contribution in [-0.4, -0.2) is 29.7 Å². The van der Waals surface area contributed by atoms with E-state index in [-0.39, 0.29) is 11.9 Å². The van der Waals surface area contributed by atoms with Gasteiger partial charge < -0.3 is 10.5 Å². The van der Waals surface area contributed by atoms with Crippen molar-refractivity contribution in [2.45, 2.75) is 19.1 Å². The molecular weight excluding hydrogens is 223 g/mol. The molecule has 1 heterocycles. The van der Waals surface area contributed by atoms with Crippen LogP contribution in [-0.2, 0) is 11.3 Å². The summed E-state index contributed by atoms with van der Waals surface area (Å²) in [5, 5.41) is 0. The molecule has 92 valence electrons. The van der Waals surface area contributed by atoms with Crippen molar-refractivity contribution in [3.8, 4) is 0 Å². The summed E-state index contributed by atoms with van der Waals surface area (Å²) in [5.74, 6) is -0.287. The predicted molar refractivity (Wildman–Crippen MR) is 60.8 cm³/mol. The van der Waals surface area contributed by atoms with Gasteiger partial charge in [0.25, 0.3) is 0 Å². The standard InChI is InChI=1S/C12H15FN2O2/c1-12(7-14)8-15(11(16)17-12)6-9-2-4-10(13)5-3-9/h2-5H,6-8,14H2,1H3. The van der Waals surface area contributed by atoms with Gasteiger partial charge in [-0.3, -0.25) is 4.90 Å². The largest absolute Gasteiger partial charge is 0.440 e. The average Bonchev–Trinajstić information content (AvgIpc) is 2.58. The van der Waals surface area contributed by atoms with Gasteiger partial charge in [0.15, 0.2) is 0 Å². The predicted octanol–water partition coefficient (Wildman–Crippen LogP) is 1.50. The lowest BCUT2D eigenvalue weighted by Crippen LogP contribution is -2.38. The fraction of sp³-hybridized carbons (Fsp3) is 0.417. The maximum atomic E-state index is 12.7. The minimum atomic E-state index is -0.614. The third kappa shape index (κ3) is 2.55.